The SMILES string of the molecule is CCCCCc1cc(O)c([C@@H]2C[C@H](C)CC[C@H]2C(C)C)c(OCCO)c1. The van der Waals surface area contributed by atoms with Crippen molar-refractivity contribution in [2.75, 3.05) is 13.2 Å². The van der Waals surface area contributed by atoms with Crippen LogP contribution in [0.1, 0.15) is 83.3 Å². The summed E-state index contributed by atoms with van der Waals surface area (Å²) in [6.45, 7) is 9.37. The fourth-order valence-corrected chi connectivity index (χ4v) is 4.57. The van der Waals surface area contributed by atoms with Gasteiger partial charge in [0.15, 0.2) is 0 Å². The minimum atomic E-state index is -0.00502. The third-order valence-electron chi connectivity index (χ3n) is 5.99. The lowest BCUT2D eigenvalue weighted by Gasteiger charge is -2.38. The highest BCUT2D eigenvalue weighted by molar-refractivity contribution is 5.50. The molecule has 148 valence electrons. The zero-order valence-corrected chi connectivity index (χ0v) is 17.1. The van der Waals surface area contributed by atoms with Crippen LogP contribution in [-0.4, -0.2) is 23.4 Å². The van der Waals surface area contributed by atoms with Crippen LogP contribution in [0.3, 0.4) is 0 Å². The molecule has 26 heavy (non-hydrogen) atoms. The Morgan fingerprint density at radius 1 is 1.19 bits per heavy atom. The molecule has 1 aliphatic carbocycles. The van der Waals surface area contributed by atoms with Crippen LogP contribution < -0.4 is 4.74 Å². The number of rotatable bonds is 9. The molecule has 1 aliphatic rings. The molecule has 1 saturated carbocycles. The predicted molar refractivity (Wildman–Crippen MR) is 108 cm³/mol. The Morgan fingerprint density at radius 2 is 1.96 bits per heavy atom. The van der Waals surface area contributed by atoms with Crippen LogP contribution in [0, 0.1) is 17.8 Å². The van der Waals surface area contributed by atoms with E-state index < -0.39 is 0 Å². The Bertz CT molecular complexity index is 553. The van der Waals surface area contributed by atoms with Crippen LogP contribution >= 0.6 is 0 Å². The summed E-state index contributed by atoms with van der Waals surface area (Å²) in [6.07, 6.45) is 8.05. The van der Waals surface area contributed by atoms with Crippen LogP contribution in [0.4, 0.5) is 0 Å². The molecule has 3 atom stereocenters. The number of benzene rings is 1. The number of aliphatic hydroxyl groups is 1. The summed E-state index contributed by atoms with van der Waals surface area (Å²) in [4.78, 5) is 0. The van der Waals surface area contributed by atoms with E-state index in [4.69, 9.17) is 4.74 Å². The van der Waals surface area contributed by atoms with E-state index in [0.29, 0.717) is 29.4 Å². The van der Waals surface area contributed by atoms with Gasteiger partial charge in [0, 0.05) is 5.56 Å². The largest absolute Gasteiger partial charge is 0.508 e. The number of phenols is 1. The van der Waals surface area contributed by atoms with E-state index in [-0.39, 0.29) is 13.2 Å². The molecule has 0 spiro atoms. The fraction of sp³-hybridized carbons (Fsp3) is 0.739. The first-order valence-electron chi connectivity index (χ1n) is 10.6. The Kier molecular flexibility index (Phi) is 8.27. The third-order valence-corrected chi connectivity index (χ3v) is 5.99. The maximum atomic E-state index is 10.9. The maximum absolute atomic E-state index is 10.9. The third kappa shape index (κ3) is 5.39. The molecule has 0 saturated heterocycles. The number of ether oxygens (including phenoxy) is 1. The minimum absolute atomic E-state index is 0.00502. The number of unbranched alkanes of at least 4 members (excludes halogenated alkanes) is 2. The van der Waals surface area contributed by atoms with Crippen molar-refractivity contribution >= 4 is 0 Å². The van der Waals surface area contributed by atoms with E-state index in [9.17, 15) is 10.2 Å². The molecule has 0 heterocycles. The van der Waals surface area contributed by atoms with Crippen LogP contribution in [0.2, 0.25) is 0 Å². The Morgan fingerprint density at radius 3 is 2.62 bits per heavy atom. The molecule has 3 nitrogen and oxygen atoms in total. The summed E-state index contributed by atoms with van der Waals surface area (Å²) in [7, 11) is 0. The van der Waals surface area contributed by atoms with E-state index in [1.807, 2.05) is 6.07 Å². The van der Waals surface area contributed by atoms with E-state index in [2.05, 4.69) is 33.8 Å². The lowest BCUT2D eigenvalue weighted by atomic mass is 9.67. The highest BCUT2D eigenvalue weighted by Crippen LogP contribution is 2.49. The van der Waals surface area contributed by atoms with Crippen molar-refractivity contribution in [3.05, 3.63) is 23.3 Å². The molecule has 0 radical (unpaired) electrons. The Balaban J connectivity index is 2.37. The number of phenolic OH excluding ortho intramolecular Hbond substituents is 1. The number of hydrogen-bond donors (Lipinski definition) is 2. The molecular formula is C23H38O3. The zero-order valence-electron chi connectivity index (χ0n) is 17.1. The molecule has 1 aromatic carbocycles. The summed E-state index contributed by atoms with van der Waals surface area (Å²) in [5.41, 5.74) is 2.11. The lowest BCUT2D eigenvalue weighted by Crippen LogP contribution is -2.26. The van der Waals surface area contributed by atoms with Gasteiger partial charge in [-0.25, -0.2) is 0 Å². The van der Waals surface area contributed by atoms with Crippen molar-refractivity contribution in [3.8, 4) is 11.5 Å². The van der Waals surface area contributed by atoms with Crippen molar-refractivity contribution in [2.45, 2.75) is 78.6 Å². The number of aryl methyl sites for hydroxylation is 1. The van der Waals surface area contributed by atoms with E-state index >= 15 is 0 Å². The average Bonchev–Trinajstić information content (AvgIpc) is 2.59. The first-order valence-corrected chi connectivity index (χ1v) is 10.6. The number of aliphatic hydroxyl groups excluding tert-OH is 1. The monoisotopic (exact) mass is 362 g/mol. The molecule has 2 rings (SSSR count). The van der Waals surface area contributed by atoms with Gasteiger partial charge in [0.2, 0.25) is 0 Å². The lowest BCUT2D eigenvalue weighted by molar-refractivity contribution is 0.178. The topological polar surface area (TPSA) is 49.7 Å². The van der Waals surface area contributed by atoms with Crippen molar-refractivity contribution in [3.63, 3.8) is 0 Å². The first-order chi connectivity index (χ1) is 12.5. The second-order valence-electron chi connectivity index (χ2n) is 8.49. The van der Waals surface area contributed by atoms with Crippen molar-refractivity contribution in [1.82, 2.24) is 0 Å². The molecule has 0 amide bonds. The minimum Gasteiger partial charge on any atom is -0.508 e. The molecule has 0 bridgehead atoms. The highest BCUT2D eigenvalue weighted by atomic mass is 16.5. The number of aromatic hydroxyl groups is 1. The molecule has 0 aliphatic heterocycles. The van der Waals surface area contributed by atoms with E-state index in [0.717, 1.165) is 36.1 Å². The second-order valence-corrected chi connectivity index (χ2v) is 8.49. The Hall–Kier alpha value is -1.22. The zero-order chi connectivity index (χ0) is 19.1. The molecular weight excluding hydrogens is 324 g/mol. The summed E-state index contributed by atoms with van der Waals surface area (Å²) >= 11 is 0. The fourth-order valence-electron chi connectivity index (χ4n) is 4.57. The number of hydrogen-bond acceptors (Lipinski definition) is 3. The maximum Gasteiger partial charge on any atom is 0.126 e. The molecule has 1 aromatic rings. The van der Waals surface area contributed by atoms with Crippen LogP contribution in [0.15, 0.2) is 12.1 Å². The van der Waals surface area contributed by atoms with Crippen LogP contribution in [0.5, 0.6) is 11.5 Å². The van der Waals surface area contributed by atoms with Gasteiger partial charge in [-0.2, -0.15) is 0 Å². The molecule has 2 N–H and O–H groups in total. The second kappa shape index (κ2) is 10.2. The quantitative estimate of drug-likeness (QED) is 0.556. The molecule has 3 heteroatoms. The van der Waals surface area contributed by atoms with Gasteiger partial charge in [0.1, 0.15) is 18.1 Å². The van der Waals surface area contributed by atoms with Gasteiger partial charge in [-0.3, -0.25) is 0 Å². The highest BCUT2D eigenvalue weighted by Gasteiger charge is 2.35. The average molecular weight is 363 g/mol. The predicted octanol–water partition coefficient (Wildman–Crippen LogP) is 5.67. The van der Waals surface area contributed by atoms with Crippen LogP contribution in [-0.2, 0) is 6.42 Å². The van der Waals surface area contributed by atoms with Gasteiger partial charge < -0.3 is 14.9 Å². The molecule has 0 unspecified atom stereocenters. The van der Waals surface area contributed by atoms with E-state index in [1.165, 1.54) is 25.7 Å². The Labute approximate surface area is 159 Å². The van der Waals surface area contributed by atoms with Crippen molar-refractivity contribution in [1.29, 1.82) is 0 Å². The van der Waals surface area contributed by atoms with Gasteiger partial charge in [-0.1, -0.05) is 47.0 Å². The molecule has 0 aromatic heterocycles. The van der Waals surface area contributed by atoms with Gasteiger partial charge in [-0.15, -0.1) is 0 Å². The summed E-state index contributed by atoms with van der Waals surface area (Å²) in [5, 5.41) is 20.2. The van der Waals surface area contributed by atoms with Gasteiger partial charge in [0.25, 0.3) is 0 Å². The van der Waals surface area contributed by atoms with Gasteiger partial charge >= 0.3 is 0 Å². The summed E-state index contributed by atoms with van der Waals surface area (Å²) in [5.74, 6) is 3.33. The van der Waals surface area contributed by atoms with Crippen molar-refractivity contribution in [2.24, 2.45) is 17.8 Å². The van der Waals surface area contributed by atoms with Gasteiger partial charge in [0.05, 0.1) is 6.61 Å². The molecule has 1 fully saturated rings. The van der Waals surface area contributed by atoms with Crippen molar-refractivity contribution < 1.29 is 14.9 Å². The summed E-state index contributed by atoms with van der Waals surface area (Å²) < 4.78 is 5.92. The van der Waals surface area contributed by atoms with Crippen LogP contribution in [0.25, 0.3) is 0 Å². The first kappa shape index (κ1) is 21.1. The standard InChI is InChI=1S/C23H38O3/c1-5-6-7-8-18-14-21(25)23(22(15-18)26-12-11-24)20-13-17(4)9-10-19(20)16(2)3/h14-17,19-20,24-25H,5-13H2,1-4H3/t17-,19+,20-/m1/s1. The summed E-state index contributed by atoms with van der Waals surface area (Å²) in [6, 6.07) is 4.06. The van der Waals surface area contributed by atoms with Gasteiger partial charge in [-0.05, 0) is 67.1 Å². The van der Waals surface area contributed by atoms with E-state index in [1.54, 1.807) is 0 Å². The normalized spacial score (nSPS) is 23.4. The smallest absolute Gasteiger partial charge is 0.126 e.